The molecule has 142 valence electrons. The number of sulfonamides is 1. The fourth-order valence-electron chi connectivity index (χ4n) is 2.57. The maximum Gasteiger partial charge on any atom is 0.283 e. The summed E-state index contributed by atoms with van der Waals surface area (Å²) in [6.45, 7) is 0.815. The Morgan fingerprint density at radius 2 is 2.00 bits per heavy atom. The molecular formula is C18H18BrN3O3S2. The maximum absolute atomic E-state index is 12.4. The molecule has 0 saturated carbocycles. The Morgan fingerprint density at radius 1 is 1.26 bits per heavy atom. The van der Waals surface area contributed by atoms with Gasteiger partial charge in [0.05, 0.1) is 8.68 Å². The zero-order valence-corrected chi connectivity index (χ0v) is 17.8. The Morgan fingerprint density at radius 3 is 2.59 bits per heavy atom. The molecule has 9 heteroatoms. The lowest BCUT2D eigenvalue weighted by Gasteiger charge is -2.11. The third kappa shape index (κ3) is 5.27. The Kier molecular flexibility index (Phi) is 6.13. The fraction of sp³-hybridized carbons (Fsp3) is 0.222. The number of hydrogen-bond acceptors (Lipinski definition) is 4. The van der Waals surface area contributed by atoms with E-state index in [-0.39, 0.29) is 10.8 Å². The van der Waals surface area contributed by atoms with E-state index < -0.39 is 10.0 Å². The topological polar surface area (TPSA) is 78.8 Å². The molecule has 27 heavy (non-hydrogen) atoms. The second-order valence-electron chi connectivity index (χ2n) is 6.00. The highest BCUT2D eigenvalue weighted by Crippen LogP contribution is 2.23. The molecule has 0 unspecified atom stereocenters. The largest absolute Gasteiger partial charge is 0.362 e. The molecule has 6 nitrogen and oxygen atoms in total. The van der Waals surface area contributed by atoms with Crippen LogP contribution in [0.15, 0.2) is 55.6 Å². The fourth-order valence-corrected chi connectivity index (χ4v) is 4.99. The first kappa shape index (κ1) is 19.8. The van der Waals surface area contributed by atoms with E-state index in [1.54, 1.807) is 18.2 Å². The SMILES string of the molecule is CN1CCC/C1=N\S(=O)(=O)c1ccc(NC(=O)/C=C/c2ccc(Br)s2)cc1. The summed E-state index contributed by atoms with van der Waals surface area (Å²) >= 11 is 4.89. The highest BCUT2D eigenvalue weighted by atomic mass is 79.9. The zero-order chi connectivity index (χ0) is 19.4. The summed E-state index contributed by atoms with van der Waals surface area (Å²) < 4.78 is 29.7. The summed E-state index contributed by atoms with van der Waals surface area (Å²) in [5, 5.41) is 2.71. The van der Waals surface area contributed by atoms with Crippen molar-refractivity contribution in [3.8, 4) is 0 Å². The average molecular weight is 468 g/mol. The molecule has 2 aromatic rings. The predicted octanol–water partition coefficient (Wildman–Crippen LogP) is 3.98. The van der Waals surface area contributed by atoms with Gasteiger partial charge in [-0.3, -0.25) is 4.79 Å². The Balaban J connectivity index is 1.66. The molecule has 1 aliphatic rings. The number of thiophene rings is 1. The van der Waals surface area contributed by atoms with Crippen LogP contribution in [0, 0.1) is 0 Å². The van der Waals surface area contributed by atoms with Crippen molar-refractivity contribution < 1.29 is 13.2 Å². The van der Waals surface area contributed by atoms with Gasteiger partial charge < -0.3 is 10.2 Å². The van der Waals surface area contributed by atoms with Crippen molar-refractivity contribution in [2.75, 3.05) is 18.9 Å². The summed E-state index contributed by atoms with van der Waals surface area (Å²) in [6.07, 6.45) is 4.73. The molecule has 0 atom stereocenters. The minimum Gasteiger partial charge on any atom is -0.362 e. The summed E-state index contributed by atoms with van der Waals surface area (Å²) in [4.78, 5) is 14.9. The van der Waals surface area contributed by atoms with Gasteiger partial charge in [0.1, 0.15) is 5.84 Å². The van der Waals surface area contributed by atoms with Gasteiger partial charge in [-0.1, -0.05) is 0 Å². The van der Waals surface area contributed by atoms with E-state index in [2.05, 4.69) is 25.6 Å². The third-order valence-electron chi connectivity index (χ3n) is 3.97. The van der Waals surface area contributed by atoms with Gasteiger partial charge in [0.25, 0.3) is 10.0 Å². The number of benzene rings is 1. The van der Waals surface area contributed by atoms with Gasteiger partial charge in [-0.25, -0.2) is 0 Å². The van der Waals surface area contributed by atoms with E-state index in [9.17, 15) is 13.2 Å². The molecule has 0 radical (unpaired) electrons. The van der Waals surface area contributed by atoms with Crippen LogP contribution in [-0.2, 0) is 14.8 Å². The van der Waals surface area contributed by atoms with E-state index in [0.717, 1.165) is 21.6 Å². The third-order valence-corrected chi connectivity index (χ3v) is 6.88. The molecule has 0 aliphatic carbocycles. The summed E-state index contributed by atoms with van der Waals surface area (Å²) in [6, 6.07) is 9.82. The predicted molar refractivity (Wildman–Crippen MR) is 113 cm³/mol. The summed E-state index contributed by atoms with van der Waals surface area (Å²) in [7, 11) is -1.91. The van der Waals surface area contributed by atoms with Crippen molar-refractivity contribution in [2.45, 2.75) is 17.7 Å². The number of amidine groups is 1. The Labute approximate surface area is 170 Å². The molecule has 1 aliphatic heterocycles. The van der Waals surface area contributed by atoms with Gasteiger partial charge in [0, 0.05) is 36.7 Å². The molecule has 1 amide bonds. The first-order valence-electron chi connectivity index (χ1n) is 8.23. The smallest absolute Gasteiger partial charge is 0.283 e. The Hall–Kier alpha value is -1.97. The van der Waals surface area contributed by atoms with E-state index in [1.165, 1.54) is 29.5 Å². The van der Waals surface area contributed by atoms with Crippen LogP contribution in [-0.4, -0.2) is 38.7 Å². The van der Waals surface area contributed by atoms with Crippen molar-refractivity contribution in [3.63, 3.8) is 0 Å². The molecule has 0 bridgehead atoms. The highest BCUT2D eigenvalue weighted by Gasteiger charge is 2.20. The van der Waals surface area contributed by atoms with Crippen LogP contribution in [0.5, 0.6) is 0 Å². The number of halogens is 1. The highest BCUT2D eigenvalue weighted by molar-refractivity contribution is 9.11. The van der Waals surface area contributed by atoms with Gasteiger partial charge >= 0.3 is 0 Å². The zero-order valence-electron chi connectivity index (χ0n) is 14.6. The van der Waals surface area contributed by atoms with Crippen molar-refractivity contribution in [1.29, 1.82) is 0 Å². The van der Waals surface area contributed by atoms with Crippen LogP contribution in [0.3, 0.4) is 0 Å². The number of nitrogens with one attached hydrogen (secondary N) is 1. The minimum absolute atomic E-state index is 0.104. The van der Waals surface area contributed by atoms with Crippen LogP contribution < -0.4 is 5.32 Å². The Bertz CT molecular complexity index is 995. The number of carbonyl (C=O) groups excluding carboxylic acids is 1. The lowest BCUT2D eigenvalue weighted by atomic mass is 10.3. The number of anilines is 1. The van der Waals surface area contributed by atoms with Crippen LogP contribution in [0.2, 0.25) is 0 Å². The lowest BCUT2D eigenvalue weighted by molar-refractivity contribution is -0.111. The van der Waals surface area contributed by atoms with Crippen molar-refractivity contribution in [3.05, 3.63) is 51.1 Å². The normalized spacial score (nSPS) is 16.4. The molecule has 1 saturated heterocycles. The molecule has 2 heterocycles. The number of nitrogens with zero attached hydrogens (tertiary/aromatic N) is 2. The standard InChI is InChI=1S/C18H18BrN3O3S2/c1-22-12-2-3-17(22)21-27(24,25)15-8-4-13(5-9-15)20-18(23)11-7-14-6-10-16(19)26-14/h4-11H,2-3,12H2,1H3,(H,20,23)/b11-7+,21-17+. The monoisotopic (exact) mass is 467 g/mol. The van der Waals surface area contributed by atoms with Crippen molar-refractivity contribution in [1.82, 2.24) is 4.90 Å². The first-order valence-corrected chi connectivity index (χ1v) is 11.3. The van der Waals surface area contributed by atoms with Crippen molar-refractivity contribution in [2.24, 2.45) is 4.40 Å². The maximum atomic E-state index is 12.4. The molecule has 1 aromatic heterocycles. The van der Waals surface area contributed by atoms with Gasteiger partial charge in [-0.2, -0.15) is 8.42 Å². The van der Waals surface area contributed by atoms with Gasteiger partial charge in [0.2, 0.25) is 5.91 Å². The first-order chi connectivity index (χ1) is 12.8. The number of amides is 1. The summed E-state index contributed by atoms with van der Waals surface area (Å²) in [5.74, 6) is 0.292. The number of rotatable bonds is 5. The quantitative estimate of drug-likeness (QED) is 0.674. The average Bonchev–Trinajstić information content (AvgIpc) is 3.22. The van der Waals surface area contributed by atoms with Crippen LogP contribution in [0.25, 0.3) is 6.08 Å². The molecule has 1 aromatic carbocycles. The molecule has 3 rings (SSSR count). The van der Waals surface area contributed by atoms with Crippen LogP contribution in [0.1, 0.15) is 17.7 Å². The van der Waals surface area contributed by atoms with Crippen LogP contribution in [0.4, 0.5) is 5.69 Å². The van der Waals surface area contributed by atoms with E-state index in [0.29, 0.717) is 17.9 Å². The van der Waals surface area contributed by atoms with Crippen molar-refractivity contribution >= 4 is 60.8 Å². The van der Waals surface area contributed by atoms with E-state index >= 15 is 0 Å². The number of hydrogen-bond donors (Lipinski definition) is 1. The summed E-state index contributed by atoms with van der Waals surface area (Å²) in [5.41, 5.74) is 0.515. The molecule has 1 N–H and O–H groups in total. The van der Waals surface area contributed by atoms with Crippen LogP contribution >= 0.6 is 27.3 Å². The van der Waals surface area contributed by atoms with E-state index in [1.807, 2.05) is 24.1 Å². The molecule has 0 spiro atoms. The second-order valence-corrected chi connectivity index (χ2v) is 10.1. The number of carbonyl (C=O) groups is 1. The van der Waals surface area contributed by atoms with Gasteiger partial charge in [-0.05, 0) is 64.8 Å². The van der Waals surface area contributed by atoms with Gasteiger partial charge in [0.15, 0.2) is 0 Å². The molecular weight excluding hydrogens is 450 g/mol. The molecule has 1 fully saturated rings. The van der Waals surface area contributed by atoms with Gasteiger partial charge in [-0.15, -0.1) is 15.7 Å². The number of likely N-dealkylation sites (tertiary alicyclic amines) is 1. The lowest BCUT2D eigenvalue weighted by Crippen LogP contribution is -2.20. The second kappa shape index (κ2) is 8.37. The van der Waals surface area contributed by atoms with E-state index in [4.69, 9.17) is 0 Å². The minimum atomic E-state index is -3.75.